The second-order valence-electron chi connectivity index (χ2n) is 5.65. The zero-order valence-corrected chi connectivity index (χ0v) is 14.3. The molecule has 0 saturated heterocycles. The number of nitrogens with two attached hydrogens (primary N) is 1. The number of halogens is 2. The van der Waals surface area contributed by atoms with Crippen molar-refractivity contribution in [3.05, 3.63) is 37.7 Å². The fourth-order valence-corrected chi connectivity index (χ4v) is 3.40. The predicted octanol–water partition coefficient (Wildman–Crippen LogP) is 2.44. The minimum Gasteiger partial charge on any atom is -0.365 e. The van der Waals surface area contributed by atoms with Gasteiger partial charge in [0.2, 0.25) is 0 Å². The van der Waals surface area contributed by atoms with Gasteiger partial charge in [-0.1, -0.05) is 25.4 Å². The molecule has 22 heavy (non-hydrogen) atoms. The van der Waals surface area contributed by atoms with Crippen LogP contribution >= 0.6 is 27.5 Å². The van der Waals surface area contributed by atoms with E-state index in [1.807, 2.05) is 4.57 Å². The lowest BCUT2D eigenvalue weighted by atomic mass is 10.00. The molecule has 3 rings (SSSR count). The van der Waals surface area contributed by atoms with Gasteiger partial charge in [0.15, 0.2) is 5.43 Å². The maximum Gasteiger partial charge on any atom is 0.254 e. The first-order chi connectivity index (χ1) is 10.3. The van der Waals surface area contributed by atoms with Crippen molar-refractivity contribution in [2.75, 3.05) is 0 Å². The molecule has 0 unspecified atom stereocenters. The summed E-state index contributed by atoms with van der Waals surface area (Å²) >= 11 is 9.62. The van der Waals surface area contributed by atoms with Crippen molar-refractivity contribution >= 4 is 33.4 Å². The number of rotatable bonds is 2. The number of pyridine rings is 1. The van der Waals surface area contributed by atoms with Gasteiger partial charge in [-0.25, -0.2) is 0 Å². The maximum absolute atomic E-state index is 12.1. The van der Waals surface area contributed by atoms with Crippen molar-refractivity contribution in [1.82, 2.24) is 14.3 Å². The number of carbonyl (C=O) groups excluding carboxylic acids is 1. The molecule has 0 fully saturated rings. The fraction of sp³-hybridized carbons (Fsp3) is 0.357. The first kappa shape index (κ1) is 15.3. The van der Waals surface area contributed by atoms with Gasteiger partial charge in [-0.15, -0.1) is 0 Å². The third kappa shape index (κ3) is 2.19. The zero-order valence-electron chi connectivity index (χ0n) is 12.0. The molecule has 2 aromatic heterocycles. The molecule has 3 heterocycles. The van der Waals surface area contributed by atoms with Gasteiger partial charge in [-0.05, 0) is 21.8 Å². The molecule has 0 aromatic carbocycles. The molecule has 0 aliphatic carbocycles. The van der Waals surface area contributed by atoms with Crippen LogP contribution in [0.3, 0.4) is 0 Å². The van der Waals surface area contributed by atoms with E-state index in [1.165, 1.54) is 12.3 Å². The molecular weight excluding hydrogens is 372 g/mol. The zero-order chi connectivity index (χ0) is 16.2. The lowest BCUT2D eigenvalue weighted by Gasteiger charge is -2.32. The van der Waals surface area contributed by atoms with Crippen LogP contribution in [0, 0.1) is 5.92 Å². The van der Waals surface area contributed by atoms with Gasteiger partial charge in [0, 0.05) is 12.3 Å². The summed E-state index contributed by atoms with van der Waals surface area (Å²) in [7, 11) is 0. The van der Waals surface area contributed by atoms with E-state index in [0.717, 1.165) is 0 Å². The van der Waals surface area contributed by atoms with E-state index < -0.39 is 11.3 Å². The molecule has 8 heteroatoms. The number of nitrogens with zero attached hydrogens (tertiary/aromatic N) is 3. The summed E-state index contributed by atoms with van der Waals surface area (Å²) in [5.74, 6) is -0.453. The van der Waals surface area contributed by atoms with E-state index in [1.54, 1.807) is 4.68 Å². The van der Waals surface area contributed by atoms with Crippen LogP contribution in [-0.2, 0) is 6.54 Å². The summed E-state index contributed by atoms with van der Waals surface area (Å²) in [6, 6.07) is 1.45. The normalized spacial score (nSPS) is 16.5. The highest BCUT2D eigenvalue weighted by Gasteiger charge is 2.31. The van der Waals surface area contributed by atoms with Crippen LogP contribution in [0.15, 0.2) is 21.7 Å². The van der Waals surface area contributed by atoms with Crippen molar-refractivity contribution in [3.8, 4) is 11.4 Å². The van der Waals surface area contributed by atoms with Crippen LogP contribution in [0.5, 0.6) is 0 Å². The minimum absolute atomic E-state index is 0.0162. The van der Waals surface area contributed by atoms with Gasteiger partial charge in [-0.3, -0.25) is 14.3 Å². The molecule has 0 radical (unpaired) electrons. The number of carbonyl (C=O) groups is 1. The number of hydrogen-bond acceptors (Lipinski definition) is 3. The summed E-state index contributed by atoms with van der Waals surface area (Å²) in [4.78, 5) is 23.6. The third-order valence-corrected chi connectivity index (χ3v) is 5.07. The molecule has 0 bridgehead atoms. The summed E-state index contributed by atoms with van der Waals surface area (Å²) in [5, 5.41) is 4.81. The lowest BCUT2D eigenvalue weighted by molar-refractivity contribution is 0.0998. The summed E-state index contributed by atoms with van der Waals surface area (Å²) < 4.78 is 4.23. The lowest BCUT2D eigenvalue weighted by Crippen LogP contribution is -2.32. The average Bonchev–Trinajstić information content (AvgIpc) is 2.72. The SMILES string of the molecule is CC(C)[C@@H]1Cn2nc(Br)c(Cl)c2-c2cc(=O)c(C(N)=O)cn21. The second kappa shape index (κ2) is 5.24. The predicted molar refractivity (Wildman–Crippen MR) is 87.0 cm³/mol. The number of primary amides is 1. The van der Waals surface area contributed by atoms with Gasteiger partial charge < -0.3 is 10.3 Å². The topological polar surface area (TPSA) is 82.9 Å². The first-order valence-corrected chi connectivity index (χ1v) is 7.96. The van der Waals surface area contributed by atoms with Crippen LogP contribution in [0.25, 0.3) is 11.4 Å². The van der Waals surface area contributed by atoms with E-state index in [-0.39, 0.29) is 17.5 Å². The molecule has 1 amide bonds. The van der Waals surface area contributed by atoms with E-state index in [0.29, 0.717) is 27.6 Å². The van der Waals surface area contributed by atoms with Crippen molar-refractivity contribution in [1.29, 1.82) is 0 Å². The Balaban J connectivity index is 2.35. The van der Waals surface area contributed by atoms with Gasteiger partial charge in [-0.2, -0.15) is 5.10 Å². The van der Waals surface area contributed by atoms with Gasteiger partial charge >= 0.3 is 0 Å². The Morgan fingerprint density at radius 3 is 2.82 bits per heavy atom. The van der Waals surface area contributed by atoms with E-state index in [2.05, 4.69) is 34.9 Å². The van der Waals surface area contributed by atoms with Crippen LogP contribution in [-0.4, -0.2) is 20.3 Å². The summed E-state index contributed by atoms with van der Waals surface area (Å²) in [6.45, 7) is 4.75. The molecule has 1 aliphatic rings. The molecule has 2 N–H and O–H groups in total. The molecular formula is C14H14BrClN4O2. The average molecular weight is 386 g/mol. The first-order valence-electron chi connectivity index (χ1n) is 6.79. The number of amides is 1. The van der Waals surface area contributed by atoms with Gasteiger partial charge in [0.1, 0.15) is 20.9 Å². The van der Waals surface area contributed by atoms with Crippen LogP contribution < -0.4 is 11.2 Å². The molecule has 0 spiro atoms. The van der Waals surface area contributed by atoms with Gasteiger partial charge in [0.25, 0.3) is 5.91 Å². The van der Waals surface area contributed by atoms with E-state index in [9.17, 15) is 9.59 Å². The van der Waals surface area contributed by atoms with Crippen molar-refractivity contribution in [2.45, 2.75) is 26.4 Å². The Hall–Kier alpha value is -1.60. The van der Waals surface area contributed by atoms with Crippen LogP contribution in [0.2, 0.25) is 5.02 Å². The van der Waals surface area contributed by atoms with E-state index >= 15 is 0 Å². The van der Waals surface area contributed by atoms with Crippen molar-refractivity contribution in [2.24, 2.45) is 11.7 Å². The van der Waals surface area contributed by atoms with Crippen molar-refractivity contribution < 1.29 is 4.79 Å². The molecule has 1 aliphatic heterocycles. The van der Waals surface area contributed by atoms with E-state index in [4.69, 9.17) is 17.3 Å². The molecule has 116 valence electrons. The maximum atomic E-state index is 12.1. The second-order valence-corrected chi connectivity index (χ2v) is 6.78. The third-order valence-electron chi connectivity index (χ3n) is 3.93. The van der Waals surface area contributed by atoms with Crippen LogP contribution in [0.1, 0.15) is 30.2 Å². The number of hydrogen-bond donors (Lipinski definition) is 1. The highest BCUT2D eigenvalue weighted by molar-refractivity contribution is 9.10. The van der Waals surface area contributed by atoms with Crippen LogP contribution in [0.4, 0.5) is 0 Å². The van der Waals surface area contributed by atoms with Crippen molar-refractivity contribution in [3.63, 3.8) is 0 Å². The molecule has 6 nitrogen and oxygen atoms in total. The fourth-order valence-electron chi connectivity index (χ4n) is 2.78. The highest BCUT2D eigenvalue weighted by Crippen LogP contribution is 2.39. The minimum atomic E-state index is -0.728. The Morgan fingerprint density at radius 2 is 2.23 bits per heavy atom. The number of aromatic nitrogens is 3. The number of fused-ring (bicyclic) bond motifs is 3. The highest BCUT2D eigenvalue weighted by atomic mass is 79.9. The Kier molecular flexibility index (Phi) is 3.65. The monoisotopic (exact) mass is 384 g/mol. The standard InChI is InChI=1S/C14H14BrClN4O2/c1-6(2)9-5-20-12(11(16)13(15)18-20)8-3-10(21)7(14(17)22)4-19(8)9/h3-4,6,9H,5H2,1-2H3,(H2,17,22)/t9-/m0/s1. The molecule has 0 saturated carbocycles. The Morgan fingerprint density at radius 1 is 1.55 bits per heavy atom. The van der Waals surface area contributed by atoms with Gasteiger partial charge in [0.05, 0.1) is 18.3 Å². The summed E-state index contributed by atoms with van der Waals surface area (Å²) in [5.41, 5.74) is 6.17. The largest absolute Gasteiger partial charge is 0.365 e. The Bertz CT molecular complexity index is 840. The molecule has 1 atom stereocenters. The smallest absolute Gasteiger partial charge is 0.254 e. The summed E-state index contributed by atoms with van der Waals surface area (Å²) in [6.07, 6.45) is 1.53. The molecule has 2 aromatic rings. The quantitative estimate of drug-likeness (QED) is 0.862. The Labute approximate surface area is 140 Å².